The van der Waals surface area contributed by atoms with Crippen LogP contribution < -0.4 is 11.1 Å². The molecule has 0 unspecified atom stereocenters. The number of aromatic nitrogens is 2. The summed E-state index contributed by atoms with van der Waals surface area (Å²) in [5, 5.41) is 9.47. The van der Waals surface area contributed by atoms with Gasteiger partial charge >= 0.3 is 0 Å². The van der Waals surface area contributed by atoms with Gasteiger partial charge in [0.15, 0.2) is 5.69 Å². The molecule has 1 aliphatic carbocycles. The quantitative estimate of drug-likeness (QED) is 0.814. The topological polar surface area (TPSA) is 83.8 Å². The van der Waals surface area contributed by atoms with Crippen LogP contribution >= 0.6 is 11.6 Å². The second-order valence-electron chi connectivity index (χ2n) is 4.75. The molecule has 0 aliphatic heterocycles. The van der Waals surface area contributed by atoms with Gasteiger partial charge in [-0.3, -0.25) is 9.89 Å². The van der Waals surface area contributed by atoms with Gasteiger partial charge in [0, 0.05) is 5.92 Å². The van der Waals surface area contributed by atoms with Gasteiger partial charge in [-0.15, -0.1) is 0 Å². The van der Waals surface area contributed by atoms with E-state index in [-0.39, 0.29) is 16.4 Å². The van der Waals surface area contributed by atoms with E-state index >= 15 is 0 Å². The van der Waals surface area contributed by atoms with E-state index < -0.39 is 11.7 Å². The Hall–Kier alpha value is -2.08. The van der Waals surface area contributed by atoms with Crippen LogP contribution in [0.5, 0.6) is 0 Å². The van der Waals surface area contributed by atoms with E-state index in [9.17, 15) is 9.18 Å². The molecular weight excluding hydrogens is 283 g/mol. The van der Waals surface area contributed by atoms with E-state index in [0.717, 1.165) is 24.6 Å². The van der Waals surface area contributed by atoms with Crippen LogP contribution in [0.3, 0.4) is 0 Å². The van der Waals surface area contributed by atoms with Crippen LogP contribution in [0.1, 0.15) is 34.9 Å². The zero-order valence-electron chi connectivity index (χ0n) is 10.4. The van der Waals surface area contributed by atoms with Gasteiger partial charge in [0.1, 0.15) is 5.82 Å². The Balaban J connectivity index is 1.84. The van der Waals surface area contributed by atoms with Crippen LogP contribution in [0, 0.1) is 5.82 Å². The van der Waals surface area contributed by atoms with E-state index in [1.807, 2.05) is 0 Å². The number of carbonyl (C=O) groups excluding carboxylic acids is 1. The monoisotopic (exact) mass is 294 g/mol. The maximum absolute atomic E-state index is 13.1. The zero-order chi connectivity index (χ0) is 14.3. The van der Waals surface area contributed by atoms with Crippen molar-refractivity contribution < 1.29 is 9.18 Å². The summed E-state index contributed by atoms with van der Waals surface area (Å²) >= 11 is 5.89. The van der Waals surface area contributed by atoms with Crippen molar-refractivity contribution in [3.63, 3.8) is 0 Å². The summed E-state index contributed by atoms with van der Waals surface area (Å²) in [6.45, 7) is 0. The number of rotatable bonds is 3. The largest absolute Gasteiger partial charge is 0.395 e. The number of hydrogen-bond donors (Lipinski definition) is 3. The second kappa shape index (κ2) is 4.79. The predicted molar refractivity (Wildman–Crippen MR) is 74.3 cm³/mol. The number of nitrogens with one attached hydrogen (secondary N) is 2. The zero-order valence-corrected chi connectivity index (χ0v) is 11.2. The van der Waals surface area contributed by atoms with Crippen molar-refractivity contribution >= 4 is 28.9 Å². The summed E-state index contributed by atoms with van der Waals surface area (Å²) in [5.74, 6) is -0.640. The van der Waals surface area contributed by atoms with Gasteiger partial charge in [0.2, 0.25) is 0 Å². The van der Waals surface area contributed by atoms with Crippen LogP contribution in [0.2, 0.25) is 5.02 Å². The van der Waals surface area contributed by atoms with Gasteiger partial charge in [-0.25, -0.2) is 4.39 Å². The lowest BCUT2D eigenvalue weighted by Gasteiger charge is -2.06. The highest BCUT2D eigenvalue weighted by molar-refractivity contribution is 6.33. The standard InChI is InChI=1S/C13H12ClFN4O/c14-8-4-3-7(15)5-9(8)17-13(20)12-10(16)11(18-19-12)6-1-2-6/h3-6H,1-2,16H2,(H,17,20)(H,18,19). The first-order valence-corrected chi connectivity index (χ1v) is 6.54. The fourth-order valence-electron chi connectivity index (χ4n) is 2.00. The molecule has 0 spiro atoms. The first kappa shape index (κ1) is 12.9. The normalized spacial score (nSPS) is 14.3. The Bertz CT molecular complexity index is 681. The van der Waals surface area contributed by atoms with Crippen molar-refractivity contribution in [3.8, 4) is 0 Å². The molecule has 3 rings (SSSR count). The van der Waals surface area contributed by atoms with Gasteiger partial charge in [-0.05, 0) is 31.0 Å². The first-order chi connectivity index (χ1) is 9.56. The summed E-state index contributed by atoms with van der Waals surface area (Å²) in [6, 6.07) is 3.73. The van der Waals surface area contributed by atoms with E-state index in [1.54, 1.807) is 0 Å². The van der Waals surface area contributed by atoms with Gasteiger partial charge in [-0.2, -0.15) is 5.10 Å². The third kappa shape index (κ3) is 2.34. The Labute approximate surface area is 119 Å². The Morgan fingerprint density at radius 3 is 2.95 bits per heavy atom. The first-order valence-electron chi connectivity index (χ1n) is 6.16. The number of H-pyrrole nitrogens is 1. The number of amides is 1. The lowest BCUT2D eigenvalue weighted by molar-refractivity contribution is 0.102. The molecule has 5 nitrogen and oxygen atoms in total. The van der Waals surface area contributed by atoms with Crippen molar-refractivity contribution in [2.45, 2.75) is 18.8 Å². The molecule has 0 atom stereocenters. The molecule has 4 N–H and O–H groups in total. The van der Waals surface area contributed by atoms with Crippen molar-refractivity contribution in [3.05, 3.63) is 40.4 Å². The average molecular weight is 295 g/mol. The highest BCUT2D eigenvalue weighted by Gasteiger charge is 2.30. The maximum Gasteiger partial charge on any atom is 0.278 e. The number of benzene rings is 1. The average Bonchev–Trinajstić information content (AvgIpc) is 3.17. The number of aromatic amines is 1. The van der Waals surface area contributed by atoms with Gasteiger partial charge in [-0.1, -0.05) is 11.6 Å². The molecule has 0 bridgehead atoms. The summed E-state index contributed by atoms with van der Waals surface area (Å²) in [7, 11) is 0. The highest BCUT2D eigenvalue weighted by Crippen LogP contribution is 2.42. The Morgan fingerprint density at radius 2 is 2.25 bits per heavy atom. The molecule has 1 heterocycles. The molecule has 20 heavy (non-hydrogen) atoms. The van der Waals surface area contributed by atoms with Gasteiger partial charge in [0.25, 0.3) is 5.91 Å². The van der Waals surface area contributed by atoms with E-state index in [1.165, 1.54) is 12.1 Å². The number of anilines is 2. The van der Waals surface area contributed by atoms with Crippen molar-refractivity contribution in [2.75, 3.05) is 11.1 Å². The number of nitrogens with zero attached hydrogens (tertiary/aromatic N) is 1. The third-order valence-electron chi connectivity index (χ3n) is 3.21. The fourth-order valence-corrected chi connectivity index (χ4v) is 2.16. The molecule has 104 valence electrons. The molecule has 2 aromatic rings. The van der Waals surface area contributed by atoms with Crippen molar-refractivity contribution in [1.29, 1.82) is 0 Å². The number of nitrogens with two attached hydrogens (primary N) is 1. The SMILES string of the molecule is Nc1c(C(=O)Nc2cc(F)ccc2Cl)n[nH]c1C1CC1. The summed E-state index contributed by atoms with van der Waals surface area (Å²) in [5.41, 5.74) is 7.33. The lowest BCUT2D eigenvalue weighted by atomic mass is 10.2. The van der Waals surface area contributed by atoms with Gasteiger partial charge < -0.3 is 11.1 Å². The maximum atomic E-state index is 13.1. The molecule has 1 amide bonds. The molecule has 1 saturated carbocycles. The third-order valence-corrected chi connectivity index (χ3v) is 3.54. The molecule has 1 fully saturated rings. The van der Waals surface area contributed by atoms with Crippen LogP contribution in [0.15, 0.2) is 18.2 Å². The minimum absolute atomic E-state index is 0.104. The van der Waals surface area contributed by atoms with Crippen LogP contribution in [0.25, 0.3) is 0 Å². The number of carbonyl (C=O) groups is 1. The smallest absolute Gasteiger partial charge is 0.278 e. The molecule has 7 heteroatoms. The predicted octanol–water partition coefficient (Wildman–Crippen LogP) is 2.91. The fraction of sp³-hybridized carbons (Fsp3) is 0.231. The molecule has 0 saturated heterocycles. The number of nitrogen functional groups attached to an aromatic ring is 1. The molecule has 1 aliphatic rings. The lowest BCUT2D eigenvalue weighted by Crippen LogP contribution is -2.14. The van der Waals surface area contributed by atoms with Crippen LogP contribution in [0.4, 0.5) is 15.8 Å². The minimum Gasteiger partial charge on any atom is -0.395 e. The van der Waals surface area contributed by atoms with Crippen molar-refractivity contribution in [2.24, 2.45) is 0 Å². The van der Waals surface area contributed by atoms with Crippen LogP contribution in [-0.4, -0.2) is 16.1 Å². The Morgan fingerprint density at radius 1 is 1.50 bits per heavy atom. The number of hydrogen-bond acceptors (Lipinski definition) is 3. The second-order valence-corrected chi connectivity index (χ2v) is 5.16. The molecule has 1 aromatic heterocycles. The van der Waals surface area contributed by atoms with E-state index in [0.29, 0.717) is 11.6 Å². The summed E-state index contributed by atoms with van der Waals surface area (Å²) < 4.78 is 13.1. The van der Waals surface area contributed by atoms with Crippen LogP contribution in [-0.2, 0) is 0 Å². The summed E-state index contributed by atoms with van der Waals surface area (Å²) in [6.07, 6.45) is 2.09. The van der Waals surface area contributed by atoms with Gasteiger partial charge in [0.05, 0.1) is 22.1 Å². The molecular formula is C13H12ClFN4O. The molecule has 0 radical (unpaired) electrons. The highest BCUT2D eigenvalue weighted by atomic mass is 35.5. The van der Waals surface area contributed by atoms with E-state index in [2.05, 4.69) is 15.5 Å². The number of halogens is 2. The summed E-state index contributed by atoms with van der Waals surface area (Å²) in [4.78, 5) is 12.1. The van der Waals surface area contributed by atoms with E-state index in [4.69, 9.17) is 17.3 Å². The minimum atomic E-state index is -0.516. The Kier molecular flexibility index (Phi) is 3.10. The molecule has 1 aromatic carbocycles. The van der Waals surface area contributed by atoms with Crippen molar-refractivity contribution in [1.82, 2.24) is 10.2 Å².